The number of hydrogen-bond acceptors (Lipinski definition) is 6. The topological polar surface area (TPSA) is 102 Å². The summed E-state index contributed by atoms with van der Waals surface area (Å²) in [6.45, 7) is 3.03. The fourth-order valence-electron chi connectivity index (χ4n) is 4.40. The third kappa shape index (κ3) is 5.81. The molecule has 0 saturated carbocycles. The van der Waals surface area contributed by atoms with Crippen LogP contribution in [0.25, 0.3) is 0 Å². The number of nitrogens with zero attached hydrogens (tertiary/aromatic N) is 3. The van der Waals surface area contributed by atoms with E-state index in [9.17, 15) is 27.5 Å². The number of carbonyl (C=O) groups excluding carboxylic acids is 1. The third-order valence-corrected chi connectivity index (χ3v) is 6.32. The molecule has 0 aliphatic carbocycles. The van der Waals surface area contributed by atoms with Gasteiger partial charge in [-0.3, -0.25) is 0 Å². The van der Waals surface area contributed by atoms with Gasteiger partial charge < -0.3 is 26.0 Å². The number of aliphatic hydroxyl groups excluding tert-OH is 1. The number of hydrogen-bond donors (Lipinski definition) is 4. The summed E-state index contributed by atoms with van der Waals surface area (Å²) in [4.78, 5) is 23.5. The number of halogens is 4. The van der Waals surface area contributed by atoms with Crippen molar-refractivity contribution >= 4 is 12.0 Å². The smallest absolute Gasteiger partial charge is 0.394 e. The number of amides is 2. The van der Waals surface area contributed by atoms with E-state index in [4.69, 9.17) is 0 Å². The highest BCUT2D eigenvalue weighted by Gasteiger charge is 2.36. The predicted molar refractivity (Wildman–Crippen MR) is 120 cm³/mol. The maximum atomic E-state index is 14.3. The van der Waals surface area contributed by atoms with Crippen molar-refractivity contribution in [2.24, 2.45) is 0 Å². The van der Waals surface area contributed by atoms with Crippen LogP contribution in [0.3, 0.4) is 0 Å². The zero-order valence-corrected chi connectivity index (χ0v) is 19.2. The average molecular weight is 497 g/mol. The second-order valence-corrected chi connectivity index (χ2v) is 8.93. The first-order valence-electron chi connectivity index (χ1n) is 11.5. The number of rotatable bonds is 6. The van der Waals surface area contributed by atoms with Crippen LogP contribution >= 0.6 is 0 Å². The molecule has 2 aromatic rings. The standard InChI is InChI=1S/C23H28F4N6O2/c1-13(12-34)30-21-29-10-15-6-8-33(11-19(15)31-21)22(35)32-20(18-3-2-7-28-18)14-4-5-16(17(24)9-14)23(25,26)27/h4-5,9-10,13,18,20,28,34H,2-3,6-8,11-12H2,1H3,(H,32,35)(H,29,30,31)/t13-,18-,20-/m0/s1. The minimum Gasteiger partial charge on any atom is -0.394 e. The van der Waals surface area contributed by atoms with Gasteiger partial charge in [0.2, 0.25) is 5.95 Å². The summed E-state index contributed by atoms with van der Waals surface area (Å²) in [6.07, 6.45) is -1.02. The fraction of sp³-hybridized carbons (Fsp3) is 0.522. The summed E-state index contributed by atoms with van der Waals surface area (Å²) < 4.78 is 53.4. The molecule has 1 saturated heterocycles. The van der Waals surface area contributed by atoms with E-state index in [1.807, 2.05) is 0 Å². The summed E-state index contributed by atoms with van der Waals surface area (Å²) in [5.74, 6) is -1.02. The molecule has 8 nitrogen and oxygen atoms in total. The minimum absolute atomic E-state index is 0.0872. The van der Waals surface area contributed by atoms with E-state index in [0.717, 1.165) is 24.1 Å². The molecule has 4 rings (SSSR count). The summed E-state index contributed by atoms with van der Waals surface area (Å²) in [5.41, 5.74) is 0.519. The molecule has 4 N–H and O–H groups in total. The zero-order chi connectivity index (χ0) is 25.2. The van der Waals surface area contributed by atoms with Crippen LogP contribution in [0, 0.1) is 5.82 Å². The Morgan fingerprint density at radius 3 is 2.83 bits per heavy atom. The van der Waals surface area contributed by atoms with Gasteiger partial charge in [-0.05, 0) is 56.0 Å². The highest BCUT2D eigenvalue weighted by atomic mass is 19.4. The van der Waals surface area contributed by atoms with Crippen molar-refractivity contribution in [1.29, 1.82) is 0 Å². The van der Waals surface area contributed by atoms with Gasteiger partial charge in [0.1, 0.15) is 5.82 Å². The van der Waals surface area contributed by atoms with Gasteiger partial charge in [-0.1, -0.05) is 6.07 Å². The molecule has 3 atom stereocenters. The molecular formula is C23H28F4N6O2. The Hall–Kier alpha value is -2.99. The number of carbonyl (C=O) groups is 1. The second kappa shape index (κ2) is 10.3. The van der Waals surface area contributed by atoms with Gasteiger partial charge in [0.25, 0.3) is 0 Å². The molecule has 2 aliphatic heterocycles. The predicted octanol–water partition coefficient (Wildman–Crippen LogP) is 2.99. The number of anilines is 1. The van der Waals surface area contributed by atoms with E-state index in [1.54, 1.807) is 18.0 Å². The van der Waals surface area contributed by atoms with E-state index in [-0.39, 0.29) is 30.8 Å². The third-order valence-electron chi connectivity index (χ3n) is 6.32. The molecular weight excluding hydrogens is 468 g/mol. The number of urea groups is 1. The SMILES string of the molecule is C[C@@H](CO)Nc1ncc2c(n1)CN(C(=O)N[C@@H](c1ccc(C(F)(F)F)c(F)c1)[C@@H]1CCCN1)CC2. The number of aliphatic hydroxyl groups is 1. The summed E-state index contributed by atoms with van der Waals surface area (Å²) in [6, 6.07) is 1.21. The Morgan fingerprint density at radius 1 is 1.37 bits per heavy atom. The van der Waals surface area contributed by atoms with Crippen LogP contribution < -0.4 is 16.0 Å². The number of aromatic nitrogens is 2. The molecule has 0 radical (unpaired) electrons. The van der Waals surface area contributed by atoms with Crippen LogP contribution in [0.4, 0.5) is 28.3 Å². The number of nitrogens with one attached hydrogen (secondary N) is 3. The average Bonchev–Trinajstić information content (AvgIpc) is 3.35. The van der Waals surface area contributed by atoms with Crippen LogP contribution in [0.2, 0.25) is 0 Å². The van der Waals surface area contributed by atoms with E-state index in [1.165, 1.54) is 6.07 Å². The first-order valence-corrected chi connectivity index (χ1v) is 11.5. The Labute approximate surface area is 200 Å². The van der Waals surface area contributed by atoms with Crippen LogP contribution in [-0.4, -0.2) is 57.8 Å². The molecule has 2 amide bonds. The lowest BCUT2D eigenvalue weighted by Crippen LogP contribution is -2.48. The van der Waals surface area contributed by atoms with Crippen LogP contribution in [-0.2, 0) is 19.1 Å². The van der Waals surface area contributed by atoms with E-state index >= 15 is 0 Å². The van der Waals surface area contributed by atoms with Gasteiger partial charge in [0.15, 0.2) is 0 Å². The number of benzene rings is 1. The second-order valence-electron chi connectivity index (χ2n) is 8.93. The lowest BCUT2D eigenvalue weighted by atomic mass is 9.96. The Morgan fingerprint density at radius 2 is 2.17 bits per heavy atom. The Balaban J connectivity index is 1.51. The first kappa shape index (κ1) is 25.1. The van der Waals surface area contributed by atoms with E-state index in [2.05, 4.69) is 25.9 Å². The molecule has 0 bridgehead atoms. The molecule has 3 heterocycles. The maximum absolute atomic E-state index is 14.3. The number of alkyl halides is 3. The first-order chi connectivity index (χ1) is 16.7. The van der Waals surface area contributed by atoms with Gasteiger partial charge in [-0.2, -0.15) is 13.2 Å². The lowest BCUT2D eigenvalue weighted by molar-refractivity contribution is -0.140. The molecule has 0 spiro atoms. The molecule has 190 valence electrons. The van der Waals surface area contributed by atoms with Crippen molar-refractivity contribution < 1.29 is 27.5 Å². The molecule has 2 aliphatic rings. The quantitative estimate of drug-likeness (QED) is 0.459. The van der Waals surface area contributed by atoms with Crippen molar-refractivity contribution in [2.75, 3.05) is 25.0 Å². The van der Waals surface area contributed by atoms with Crippen molar-refractivity contribution in [3.63, 3.8) is 0 Å². The minimum atomic E-state index is -4.79. The highest BCUT2D eigenvalue weighted by Crippen LogP contribution is 2.33. The van der Waals surface area contributed by atoms with Crippen molar-refractivity contribution in [3.05, 3.63) is 52.6 Å². The van der Waals surface area contributed by atoms with Gasteiger partial charge in [0.05, 0.1) is 30.5 Å². The molecule has 12 heteroatoms. The molecule has 35 heavy (non-hydrogen) atoms. The lowest BCUT2D eigenvalue weighted by Gasteiger charge is -2.32. The highest BCUT2D eigenvalue weighted by molar-refractivity contribution is 5.75. The fourth-order valence-corrected chi connectivity index (χ4v) is 4.40. The summed E-state index contributed by atoms with van der Waals surface area (Å²) in [5, 5.41) is 18.4. The normalized spacial score (nSPS) is 19.7. The van der Waals surface area contributed by atoms with Gasteiger partial charge in [-0.15, -0.1) is 0 Å². The van der Waals surface area contributed by atoms with Crippen molar-refractivity contribution in [3.8, 4) is 0 Å². The Bertz CT molecular complexity index is 1060. The van der Waals surface area contributed by atoms with Gasteiger partial charge in [-0.25, -0.2) is 19.2 Å². The van der Waals surface area contributed by atoms with E-state index in [0.29, 0.717) is 37.6 Å². The van der Waals surface area contributed by atoms with Gasteiger partial charge >= 0.3 is 12.2 Å². The largest absolute Gasteiger partial charge is 0.419 e. The van der Waals surface area contributed by atoms with Crippen LogP contribution in [0.5, 0.6) is 0 Å². The monoisotopic (exact) mass is 496 g/mol. The molecule has 0 unspecified atom stereocenters. The maximum Gasteiger partial charge on any atom is 0.419 e. The van der Waals surface area contributed by atoms with E-state index < -0.39 is 29.6 Å². The molecule has 1 aromatic heterocycles. The molecule has 1 fully saturated rings. The van der Waals surface area contributed by atoms with Crippen molar-refractivity contribution in [2.45, 2.75) is 57.0 Å². The van der Waals surface area contributed by atoms with Gasteiger partial charge in [0, 0.05) is 24.8 Å². The summed E-state index contributed by atoms with van der Waals surface area (Å²) >= 11 is 0. The van der Waals surface area contributed by atoms with Crippen molar-refractivity contribution in [1.82, 2.24) is 25.5 Å². The molecule has 1 aromatic carbocycles. The number of fused-ring (bicyclic) bond motifs is 1. The Kier molecular flexibility index (Phi) is 7.41. The van der Waals surface area contributed by atoms with Crippen LogP contribution in [0.1, 0.15) is 48.2 Å². The zero-order valence-electron chi connectivity index (χ0n) is 19.2. The summed E-state index contributed by atoms with van der Waals surface area (Å²) in [7, 11) is 0. The van der Waals surface area contributed by atoms with Crippen LogP contribution in [0.15, 0.2) is 24.4 Å².